The van der Waals surface area contributed by atoms with Gasteiger partial charge in [0.1, 0.15) is 0 Å². The van der Waals surface area contributed by atoms with E-state index < -0.39 is 0 Å². The second-order valence-electron chi connectivity index (χ2n) is 4.86. The van der Waals surface area contributed by atoms with E-state index in [1.54, 1.807) is 13.1 Å². The van der Waals surface area contributed by atoms with Crippen LogP contribution in [0.15, 0.2) is 42.5 Å². The summed E-state index contributed by atoms with van der Waals surface area (Å²) < 4.78 is 0. The van der Waals surface area contributed by atoms with Gasteiger partial charge in [0, 0.05) is 12.7 Å². The van der Waals surface area contributed by atoms with Gasteiger partial charge in [0.25, 0.3) is 5.91 Å². The molecule has 1 aromatic heterocycles. The van der Waals surface area contributed by atoms with E-state index in [0.29, 0.717) is 11.5 Å². The Labute approximate surface area is 122 Å². The van der Waals surface area contributed by atoms with E-state index in [0.717, 1.165) is 22.3 Å². The molecular weight excluding hydrogens is 264 g/mol. The van der Waals surface area contributed by atoms with Gasteiger partial charge >= 0.3 is 0 Å². The summed E-state index contributed by atoms with van der Waals surface area (Å²) in [6.07, 6.45) is 0. The van der Waals surface area contributed by atoms with Gasteiger partial charge in [0.05, 0.1) is 16.6 Å². The molecule has 0 bridgehead atoms. The van der Waals surface area contributed by atoms with Crippen molar-refractivity contribution in [1.29, 1.82) is 0 Å². The lowest BCUT2D eigenvalue weighted by molar-refractivity contribution is 0.102. The number of imidazole rings is 1. The smallest absolute Gasteiger partial charge is 0.260 e. The van der Waals surface area contributed by atoms with Gasteiger partial charge in [-0.3, -0.25) is 10.1 Å². The minimum Gasteiger partial charge on any atom is -0.387 e. The van der Waals surface area contributed by atoms with Crippen LogP contribution in [-0.4, -0.2) is 22.9 Å². The number of H-pyrrole nitrogens is 1. The van der Waals surface area contributed by atoms with Gasteiger partial charge in [-0.25, -0.2) is 4.98 Å². The summed E-state index contributed by atoms with van der Waals surface area (Å²) in [7, 11) is 1.80. The van der Waals surface area contributed by atoms with Gasteiger partial charge < -0.3 is 10.3 Å². The van der Waals surface area contributed by atoms with Gasteiger partial charge in [0.15, 0.2) is 0 Å². The molecule has 1 heterocycles. The molecule has 0 spiro atoms. The monoisotopic (exact) mass is 280 g/mol. The maximum Gasteiger partial charge on any atom is 0.260 e. The Bertz CT molecular complexity index is 774. The molecule has 0 unspecified atom stereocenters. The predicted molar refractivity (Wildman–Crippen MR) is 84.8 cm³/mol. The van der Waals surface area contributed by atoms with Crippen LogP contribution in [0.2, 0.25) is 0 Å². The molecule has 0 atom stereocenters. The molecule has 3 N–H and O–H groups in total. The van der Waals surface area contributed by atoms with Crippen molar-refractivity contribution >= 4 is 28.6 Å². The van der Waals surface area contributed by atoms with E-state index in [9.17, 15) is 4.79 Å². The Morgan fingerprint density at radius 1 is 1.19 bits per heavy atom. The Hall–Kier alpha value is -2.82. The van der Waals surface area contributed by atoms with Crippen molar-refractivity contribution in [2.45, 2.75) is 6.92 Å². The zero-order chi connectivity index (χ0) is 14.8. The highest BCUT2D eigenvalue weighted by Crippen LogP contribution is 2.19. The first-order valence-corrected chi connectivity index (χ1v) is 6.72. The lowest BCUT2D eigenvalue weighted by Gasteiger charge is -2.09. The minimum atomic E-state index is -0.196. The first-order valence-electron chi connectivity index (χ1n) is 6.72. The van der Waals surface area contributed by atoms with Crippen LogP contribution in [0.1, 0.15) is 15.9 Å². The zero-order valence-corrected chi connectivity index (χ0v) is 11.9. The first kappa shape index (κ1) is 13.2. The molecule has 3 aromatic rings. The van der Waals surface area contributed by atoms with Gasteiger partial charge in [-0.2, -0.15) is 0 Å². The van der Waals surface area contributed by atoms with Gasteiger partial charge in [0.2, 0.25) is 5.95 Å². The van der Waals surface area contributed by atoms with Crippen molar-refractivity contribution in [2.75, 3.05) is 17.7 Å². The lowest BCUT2D eigenvalue weighted by Crippen LogP contribution is -2.15. The normalized spacial score (nSPS) is 10.6. The number of benzene rings is 2. The summed E-state index contributed by atoms with van der Waals surface area (Å²) in [6.45, 7) is 1.99. The Balaban J connectivity index is 1.89. The van der Waals surface area contributed by atoms with Crippen LogP contribution in [0.3, 0.4) is 0 Å². The summed E-state index contributed by atoms with van der Waals surface area (Å²) in [5.74, 6) is 0.252. The number of rotatable bonds is 3. The molecule has 0 saturated carbocycles. The molecule has 0 aliphatic heterocycles. The van der Waals surface area contributed by atoms with Crippen molar-refractivity contribution in [3.8, 4) is 0 Å². The zero-order valence-electron chi connectivity index (χ0n) is 11.9. The van der Waals surface area contributed by atoms with Gasteiger partial charge in [-0.05, 0) is 36.8 Å². The minimum absolute atomic E-state index is 0.196. The number of nitrogens with one attached hydrogen (secondary N) is 3. The summed E-state index contributed by atoms with van der Waals surface area (Å²) in [5, 5.41) is 5.83. The molecule has 5 nitrogen and oxygen atoms in total. The third-order valence-corrected chi connectivity index (χ3v) is 3.31. The second kappa shape index (κ2) is 5.28. The quantitative estimate of drug-likeness (QED) is 0.690. The molecule has 0 radical (unpaired) electrons. The number of hydrogen-bond acceptors (Lipinski definition) is 3. The number of aromatic amines is 1. The van der Waals surface area contributed by atoms with Crippen molar-refractivity contribution in [3.05, 3.63) is 53.6 Å². The maximum atomic E-state index is 12.4. The molecule has 0 aliphatic rings. The number of fused-ring (bicyclic) bond motifs is 1. The number of para-hydroxylation sites is 2. The van der Waals surface area contributed by atoms with Gasteiger partial charge in [-0.1, -0.05) is 18.2 Å². The van der Waals surface area contributed by atoms with Crippen molar-refractivity contribution in [1.82, 2.24) is 9.97 Å². The van der Waals surface area contributed by atoms with Crippen LogP contribution in [-0.2, 0) is 0 Å². The topological polar surface area (TPSA) is 69.8 Å². The van der Waals surface area contributed by atoms with Crippen LogP contribution in [0.5, 0.6) is 0 Å². The highest BCUT2D eigenvalue weighted by Gasteiger charge is 2.13. The molecule has 21 heavy (non-hydrogen) atoms. The lowest BCUT2D eigenvalue weighted by atomic mass is 10.1. The predicted octanol–water partition coefficient (Wildman–Crippen LogP) is 3.17. The van der Waals surface area contributed by atoms with Crippen molar-refractivity contribution in [2.24, 2.45) is 0 Å². The van der Waals surface area contributed by atoms with Crippen LogP contribution in [0.4, 0.5) is 11.6 Å². The van der Waals surface area contributed by atoms with Crippen LogP contribution in [0, 0.1) is 6.92 Å². The van der Waals surface area contributed by atoms with Crippen LogP contribution >= 0.6 is 0 Å². The van der Waals surface area contributed by atoms with Gasteiger partial charge in [-0.15, -0.1) is 0 Å². The van der Waals surface area contributed by atoms with E-state index in [1.807, 2.05) is 43.3 Å². The van der Waals surface area contributed by atoms with E-state index in [1.165, 1.54) is 0 Å². The van der Waals surface area contributed by atoms with Crippen molar-refractivity contribution in [3.63, 3.8) is 0 Å². The second-order valence-corrected chi connectivity index (χ2v) is 4.86. The highest BCUT2D eigenvalue weighted by molar-refractivity contribution is 6.07. The number of amides is 1. The number of nitrogens with zero attached hydrogens (tertiary/aromatic N) is 1. The third-order valence-electron chi connectivity index (χ3n) is 3.31. The maximum absolute atomic E-state index is 12.4. The van der Waals surface area contributed by atoms with Crippen LogP contribution in [0.25, 0.3) is 11.0 Å². The average molecular weight is 280 g/mol. The fraction of sp³-hybridized carbons (Fsp3) is 0.125. The molecule has 3 rings (SSSR count). The Kier molecular flexibility index (Phi) is 3.31. The fourth-order valence-corrected chi connectivity index (χ4v) is 2.25. The fourth-order valence-electron chi connectivity index (χ4n) is 2.25. The van der Waals surface area contributed by atoms with E-state index in [4.69, 9.17) is 0 Å². The van der Waals surface area contributed by atoms with E-state index in [2.05, 4.69) is 20.6 Å². The molecule has 0 saturated heterocycles. The summed E-state index contributed by atoms with van der Waals surface area (Å²) >= 11 is 0. The molecule has 2 aromatic carbocycles. The summed E-state index contributed by atoms with van der Waals surface area (Å²) in [6, 6.07) is 13.3. The molecule has 0 fully saturated rings. The Morgan fingerprint density at radius 2 is 2.00 bits per heavy atom. The summed E-state index contributed by atoms with van der Waals surface area (Å²) in [5.41, 5.74) is 4.20. The molecular formula is C16H16N4O. The number of aromatic nitrogens is 2. The van der Waals surface area contributed by atoms with Crippen LogP contribution < -0.4 is 10.6 Å². The SMILES string of the molecule is CNc1cc(C)ccc1C(=O)Nc1nc2ccccc2[nH]1. The van der Waals surface area contributed by atoms with E-state index in [-0.39, 0.29) is 5.91 Å². The first-order chi connectivity index (χ1) is 10.2. The largest absolute Gasteiger partial charge is 0.387 e. The number of carbonyl (C=O) groups excluding carboxylic acids is 1. The molecule has 106 valence electrons. The number of anilines is 2. The average Bonchev–Trinajstić information content (AvgIpc) is 2.88. The van der Waals surface area contributed by atoms with Crippen molar-refractivity contribution < 1.29 is 4.79 Å². The molecule has 0 aliphatic carbocycles. The number of aryl methyl sites for hydroxylation is 1. The summed E-state index contributed by atoms with van der Waals surface area (Å²) in [4.78, 5) is 19.8. The number of carbonyl (C=O) groups is 1. The molecule has 1 amide bonds. The third kappa shape index (κ3) is 2.58. The number of hydrogen-bond donors (Lipinski definition) is 3. The standard InChI is InChI=1S/C16H16N4O/c1-10-7-8-11(14(9-10)17-2)15(21)20-16-18-12-5-3-4-6-13(12)19-16/h3-9,17H,1-2H3,(H2,18,19,20,21). The van der Waals surface area contributed by atoms with E-state index >= 15 is 0 Å². The molecule has 5 heteroatoms. The highest BCUT2D eigenvalue weighted by atomic mass is 16.1. The Morgan fingerprint density at radius 3 is 2.76 bits per heavy atom.